The van der Waals surface area contributed by atoms with Crippen molar-refractivity contribution in [1.29, 1.82) is 0 Å². The zero-order valence-electron chi connectivity index (χ0n) is 11.8. The Hall–Kier alpha value is -1.66. The molecule has 5 nitrogen and oxygen atoms in total. The van der Waals surface area contributed by atoms with Crippen LogP contribution in [0.5, 0.6) is 0 Å². The van der Waals surface area contributed by atoms with Crippen LogP contribution in [0, 0.1) is 6.92 Å². The van der Waals surface area contributed by atoms with Crippen molar-refractivity contribution < 1.29 is 13.2 Å². The van der Waals surface area contributed by atoms with Gasteiger partial charge in [-0.05, 0) is 31.0 Å². The minimum atomic E-state index is -3.82. The molecule has 0 heterocycles. The minimum Gasteiger partial charge on any atom is -0.335 e. The molecule has 6 heteroatoms. The van der Waals surface area contributed by atoms with E-state index >= 15 is 0 Å². The fraction of sp³-hybridized carbons (Fsp3) is 0.357. The highest BCUT2D eigenvalue weighted by Crippen LogP contribution is 2.17. The van der Waals surface area contributed by atoms with Crippen LogP contribution >= 0.6 is 0 Å². The normalized spacial score (nSPS) is 11.2. The summed E-state index contributed by atoms with van der Waals surface area (Å²) in [5.41, 5.74) is 1.07. The molecule has 0 spiro atoms. The maximum Gasteiger partial charge on any atom is 0.254 e. The molecule has 0 saturated heterocycles. The Bertz CT molecular complexity index is 609. The molecule has 1 aromatic carbocycles. The number of carbonyl (C=O) groups excluding carboxylic acids is 1. The second-order valence-electron chi connectivity index (χ2n) is 4.56. The van der Waals surface area contributed by atoms with Gasteiger partial charge < -0.3 is 4.90 Å². The minimum absolute atomic E-state index is 0.0542. The first-order valence-corrected chi connectivity index (χ1v) is 7.89. The number of carbonyl (C=O) groups is 1. The molecule has 2 N–H and O–H groups in total. The summed E-state index contributed by atoms with van der Waals surface area (Å²) in [7, 11) is -3.82. The smallest absolute Gasteiger partial charge is 0.254 e. The van der Waals surface area contributed by atoms with E-state index in [4.69, 9.17) is 5.14 Å². The first kappa shape index (κ1) is 16.4. The number of rotatable bonds is 6. The van der Waals surface area contributed by atoms with Crippen LogP contribution in [0.1, 0.15) is 29.3 Å². The molecule has 0 aliphatic rings. The molecular formula is C14H20N2O3S. The molecule has 0 unspecified atom stereocenters. The van der Waals surface area contributed by atoms with E-state index in [1.807, 2.05) is 6.92 Å². The molecule has 1 amide bonds. The van der Waals surface area contributed by atoms with Crippen molar-refractivity contribution in [3.8, 4) is 0 Å². The van der Waals surface area contributed by atoms with Gasteiger partial charge in [0, 0.05) is 18.7 Å². The molecule has 0 atom stereocenters. The molecule has 1 rings (SSSR count). The van der Waals surface area contributed by atoms with Crippen molar-refractivity contribution in [3.63, 3.8) is 0 Å². The van der Waals surface area contributed by atoms with Gasteiger partial charge in [0.25, 0.3) is 5.91 Å². The predicted octanol–water partition coefficient (Wildman–Crippen LogP) is 1.68. The van der Waals surface area contributed by atoms with Gasteiger partial charge in [0.2, 0.25) is 10.0 Å². The van der Waals surface area contributed by atoms with Gasteiger partial charge in [-0.3, -0.25) is 4.79 Å². The summed E-state index contributed by atoms with van der Waals surface area (Å²) in [5, 5.41) is 5.10. The molecule has 0 aliphatic heterocycles. The zero-order chi connectivity index (χ0) is 15.3. The maximum atomic E-state index is 12.5. The van der Waals surface area contributed by atoms with Crippen LogP contribution in [-0.2, 0) is 10.0 Å². The quantitative estimate of drug-likeness (QED) is 0.811. The average Bonchev–Trinajstić information content (AvgIpc) is 2.37. The standard InChI is InChI=1S/C14H20N2O3S/c1-4-8-16(9-5-2)14(17)13-10-12(20(15,18)19)7-6-11(13)3/h4,6-7,10H,1,5,8-9H2,2-3H3,(H2,15,18,19). The first-order chi connectivity index (χ1) is 9.31. The predicted molar refractivity (Wildman–Crippen MR) is 78.9 cm³/mol. The summed E-state index contributed by atoms with van der Waals surface area (Å²) in [6.45, 7) is 8.37. The summed E-state index contributed by atoms with van der Waals surface area (Å²) in [5.74, 6) is -0.213. The summed E-state index contributed by atoms with van der Waals surface area (Å²) in [6, 6.07) is 4.32. The van der Waals surface area contributed by atoms with E-state index in [1.165, 1.54) is 12.1 Å². The molecule has 0 saturated carbocycles. The molecule has 0 aromatic heterocycles. The molecule has 0 fully saturated rings. The van der Waals surface area contributed by atoms with E-state index in [-0.39, 0.29) is 10.8 Å². The van der Waals surface area contributed by atoms with E-state index < -0.39 is 10.0 Å². The van der Waals surface area contributed by atoms with Crippen LogP contribution in [0.2, 0.25) is 0 Å². The van der Waals surface area contributed by atoms with Crippen LogP contribution < -0.4 is 5.14 Å². The van der Waals surface area contributed by atoms with Gasteiger partial charge in [0.1, 0.15) is 0 Å². The molecule has 20 heavy (non-hydrogen) atoms. The van der Waals surface area contributed by atoms with Crippen molar-refractivity contribution in [1.82, 2.24) is 4.90 Å². The number of aryl methyl sites for hydroxylation is 1. The van der Waals surface area contributed by atoms with Gasteiger partial charge in [0.05, 0.1) is 4.90 Å². The summed E-state index contributed by atoms with van der Waals surface area (Å²) >= 11 is 0. The van der Waals surface area contributed by atoms with Crippen LogP contribution in [0.4, 0.5) is 0 Å². The summed E-state index contributed by atoms with van der Waals surface area (Å²) in [6.07, 6.45) is 2.46. The topological polar surface area (TPSA) is 80.5 Å². The van der Waals surface area contributed by atoms with Crippen LogP contribution in [-0.4, -0.2) is 32.3 Å². The van der Waals surface area contributed by atoms with Gasteiger partial charge in [-0.25, -0.2) is 13.6 Å². The van der Waals surface area contributed by atoms with Crippen LogP contribution in [0.15, 0.2) is 35.7 Å². The van der Waals surface area contributed by atoms with Crippen LogP contribution in [0.25, 0.3) is 0 Å². The highest BCUT2D eigenvalue weighted by molar-refractivity contribution is 7.89. The van der Waals surface area contributed by atoms with Crippen molar-refractivity contribution in [2.45, 2.75) is 25.2 Å². The maximum absolute atomic E-state index is 12.5. The van der Waals surface area contributed by atoms with Gasteiger partial charge in [0.15, 0.2) is 0 Å². The van der Waals surface area contributed by atoms with Gasteiger partial charge in [-0.2, -0.15) is 0 Å². The SMILES string of the molecule is C=CCN(CCC)C(=O)c1cc(S(N)(=O)=O)ccc1C. The number of amides is 1. The Kier molecular flexibility index (Phi) is 5.47. The van der Waals surface area contributed by atoms with Crippen molar-refractivity contribution in [2.24, 2.45) is 5.14 Å². The number of nitrogens with zero attached hydrogens (tertiary/aromatic N) is 1. The van der Waals surface area contributed by atoms with Gasteiger partial charge in [-0.15, -0.1) is 6.58 Å². The Labute approximate surface area is 120 Å². The Morgan fingerprint density at radius 1 is 1.45 bits per heavy atom. The second-order valence-corrected chi connectivity index (χ2v) is 6.12. The van der Waals surface area contributed by atoms with E-state index in [2.05, 4.69) is 6.58 Å². The lowest BCUT2D eigenvalue weighted by Crippen LogP contribution is -2.32. The highest BCUT2D eigenvalue weighted by Gasteiger charge is 2.18. The average molecular weight is 296 g/mol. The number of hydrogen-bond donors (Lipinski definition) is 1. The molecule has 0 radical (unpaired) electrons. The fourth-order valence-electron chi connectivity index (χ4n) is 1.88. The third kappa shape index (κ3) is 3.91. The third-order valence-electron chi connectivity index (χ3n) is 2.90. The number of nitrogens with two attached hydrogens (primary N) is 1. The zero-order valence-corrected chi connectivity index (χ0v) is 12.6. The fourth-order valence-corrected chi connectivity index (χ4v) is 2.42. The number of primary sulfonamides is 1. The summed E-state index contributed by atoms with van der Waals surface area (Å²) < 4.78 is 22.8. The second kappa shape index (κ2) is 6.67. The lowest BCUT2D eigenvalue weighted by atomic mass is 10.1. The molecule has 0 bridgehead atoms. The Morgan fingerprint density at radius 3 is 2.60 bits per heavy atom. The van der Waals surface area contributed by atoms with E-state index in [9.17, 15) is 13.2 Å². The van der Waals surface area contributed by atoms with Crippen LogP contribution in [0.3, 0.4) is 0 Å². The largest absolute Gasteiger partial charge is 0.335 e. The lowest BCUT2D eigenvalue weighted by Gasteiger charge is -2.21. The van der Waals surface area contributed by atoms with Crippen molar-refractivity contribution >= 4 is 15.9 Å². The number of hydrogen-bond acceptors (Lipinski definition) is 3. The van der Waals surface area contributed by atoms with E-state index in [1.54, 1.807) is 24.0 Å². The Morgan fingerprint density at radius 2 is 2.10 bits per heavy atom. The number of benzene rings is 1. The van der Waals surface area contributed by atoms with Crippen molar-refractivity contribution in [2.75, 3.05) is 13.1 Å². The molecule has 1 aromatic rings. The molecular weight excluding hydrogens is 276 g/mol. The van der Waals surface area contributed by atoms with E-state index in [0.717, 1.165) is 6.42 Å². The third-order valence-corrected chi connectivity index (χ3v) is 3.81. The van der Waals surface area contributed by atoms with E-state index in [0.29, 0.717) is 24.2 Å². The Balaban J connectivity index is 3.23. The lowest BCUT2D eigenvalue weighted by molar-refractivity contribution is 0.0773. The molecule has 110 valence electrons. The number of sulfonamides is 1. The summed E-state index contributed by atoms with van der Waals surface area (Å²) in [4.78, 5) is 14.0. The van der Waals surface area contributed by atoms with Gasteiger partial charge in [-0.1, -0.05) is 19.1 Å². The van der Waals surface area contributed by atoms with Gasteiger partial charge >= 0.3 is 0 Å². The van der Waals surface area contributed by atoms with Crippen molar-refractivity contribution in [3.05, 3.63) is 42.0 Å². The highest BCUT2D eigenvalue weighted by atomic mass is 32.2. The monoisotopic (exact) mass is 296 g/mol. The first-order valence-electron chi connectivity index (χ1n) is 6.34. The molecule has 0 aliphatic carbocycles.